The van der Waals surface area contributed by atoms with Crippen molar-refractivity contribution in [3.8, 4) is 0 Å². The van der Waals surface area contributed by atoms with E-state index < -0.39 is 17.8 Å². The van der Waals surface area contributed by atoms with Gasteiger partial charge < -0.3 is 9.80 Å². The number of hydrogen-bond donors (Lipinski definition) is 1. The normalized spacial score (nSPS) is 21.2. The number of piperidine rings is 2. The van der Waals surface area contributed by atoms with Crippen molar-refractivity contribution in [3.05, 3.63) is 64.7 Å². The second kappa shape index (κ2) is 8.38. The molecule has 1 aromatic carbocycles. The fraction of sp³-hybridized carbons (Fsp3) is 0.375. The van der Waals surface area contributed by atoms with Crippen molar-refractivity contribution in [2.45, 2.75) is 44.2 Å². The van der Waals surface area contributed by atoms with Gasteiger partial charge in [-0.1, -0.05) is 6.07 Å². The minimum absolute atomic E-state index is 0.00302. The fourth-order valence-corrected chi connectivity index (χ4v) is 5.06. The summed E-state index contributed by atoms with van der Waals surface area (Å²) in [6.07, 6.45) is 3.29. The molecule has 3 aliphatic rings. The molecule has 8 nitrogen and oxygen atoms in total. The highest BCUT2D eigenvalue weighted by atomic mass is 19.1. The monoisotopic (exact) mass is 450 g/mol. The maximum atomic E-state index is 14.5. The zero-order chi connectivity index (χ0) is 23.1. The largest absolute Gasteiger partial charge is 0.337 e. The van der Waals surface area contributed by atoms with E-state index in [1.165, 1.54) is 17.0 Å². The van der Waals surface area contributed by atoms with Crippen LogP contribution in [0.3, 0.4) is 0 Å². The molecule has 1 N–H and O–H groups in total. The number of hydrogen-bond acceptors (Lipinski definition) is 5. The SMILES string of the molecule is O=C1CCC(N2Cc3c(cc(F)cc3C3CCN(C(=O)c4ccccn4)CC3)C2=O)C(=O)N1. The second-order valence-electron chi connectivity index (χ2n) is 8.70. The van der Waals surface area contributed by atoms with Gasteiger partial charge in [-0.25, -0.2) is 4.39 Å². The molecular formula is C24H23FN4O4. The van der Waals surface area contributed by atoms with Gasteiger partial charge in [-0.3, -0.25) is 29.5 Å². The zero-order valence-electron chi connectivity index (χ0n) is 17.9. The third kappa shape index (κ3) is 3.88. The molecule has 1 aromatic heterocycles. The summed E-state index contributed by atoms with van der Waals surface area (Å²) in [7, 11) is 0. The number of nitrogens with zero attached hydrogens (tertiary/aromatic N) is 3. The molecule has 2 saturated heterocycles. The molecular weight excluding hydrogens is 427 g/mol. The molecule has 170 valence electrons. The molecule has 0 saturated carbocycles. The number of pyridine rings is 1. The predicted molar refractivity (Wildman–Crippen MR) is 115 cm³/mol. The van der Waals surface area contributed by atoms with Crippen LogP contribution in [-0.4, -0.2) is 57.5 Å². The topological polar surface area (TPSA) is 99.7 Å². The van der Waals surface area contributed by atoms with Crippen LogP contribution >= 0.6 is 0 Å². The van der Waals surface area contributed by atoms with Crippen LogP contribution in [0.25, 0.3) is 0 Å². The molecule has 4 amide bonds. The first kappa shape index (κ1) is 21.2. The van der Waals surface area contributed by atoms with Gasteiger partial charge in [-0.2, -0.15) is 0 Å². The van der Waals surface area contributed by atoms with Crippen LogP contribution in [0.5, 0.6) is 0 Å². The van der Waals surface area contributed by atoms with Gasteiger partial charge in [0.15, 0.2) is 0 Å². The lowest BCUT2D eigenvalue weighted by Crippen LogP contribution is -2.52. The van der Waals surface area contributed by atoms with Crippen LogP contribution in [-0.2, 0) is 16.1 Å². The molecule has 0 radical (unpaired) electrons. The Morgan fingerprint density at radius 1 is 1.09 bits per heavy atom. The molecule has 33 heavy (non-hydrogen) atoms. The Balaban J connectivity index is 1.34. The minimum Gasteiger partial charge on any atom is -0.337 e. The number of nitrogens with one attached hydrogen (secondary N) is 1. The smallest absolute Gasteiger partial charge is 0.272 e. The standard InChI is InChI=1S/C24H23FN4O4/c25-15-11-16(14-6-9-28(10-7-14)24(33)19-3-1-2-8-26-19)18-13-29(23(32)17(18)12-15)20-4-5-21(30)27-22(20)31/h1-3,8,11-12,14,20H,4-7,9-10,13H2,(H,27,30,31). The first-order valence-electron chi connectivity index (χ1n) is 11.1. The molecule has 0 spiro atoms. The van der Waals surface area contributed by atoms with E-state index in [-0.39, 0.29) is 48.6 Å². The van der Waals surface area contributed by atoms with Gasteiger partial charge in [0, 0.05) is 37.8 Å². The Labute approximate surface area is 189 Å². The molecule has 1 atom stereocenters. The van der Waals surface area contributed by atoms with E-state index >= 15 is 0 Å². The second-order valence-corrected chi connectivity index (χ2v) is 8.70. The zero-order valence-corrected chi connectivity index (χ0v) is 17.9. The highest BCUT2D eigenvalue weighted by molar-refractivity contribution is 6.05. The van der Waals surface area contributed by atoms with Crippen LogP contribution in [0.1, 0.15) is 63.6 Å². The van der Waals surface area contributed by atoms with Gasteiger partial charge in [-0.05, 0) is 60.6 Å². The Morgan fingerprint density at radius 2 is 1.88 bits per heavy atom. The van der Waals surface area contributed by atoms with Crippen LogP contribution in [0.15, 0.2) is 36.5 Å². The van der Waals surface area contributed by atoms with Crippen LogP contribution in [0.2, 0.25) is 0 Å². The molecule has 0 bridgehead atoms. The number of rotatable bonds is 3. The van der Waals surface area contributed by atoms with Crippen molar-refractivity contribution in [2.75, 3.05) is 13.1 Å². The van der Waals surface area contributed by atoms with E-state index in [1.54, 1.807) is 29.3 Å². The van der Waals surface area contributed by atoms with E-state index in [2.05, 4.69) is 10.3 Å². The summed E-state index contributed by atoms with van der Waals surface area (Å²) in [5.41, 5.74) is 2.17. The fourth-order valence-electron chi connectivity index (χ4n) is 5.06. The van der Waals surface area contributed by atoms with Gasteiger partial charge in [-0.15, -0.1) is 0 Å². The van der Waals surface area contributed by atoms with E-state index in [0.717, 1.165) is 11.1 Å². The maximum Gasteiger partial charge on any atom is 0.272 e. The number of halogens is 1. The number of carbonyl (C=O) groups excluding carboxylic acids is 4. The number of benzene rings is 1. The summed E-state index contributed by atoms with van der Waals surface area (Å²) in [4.78, 5) is 56.8. The third-order valence-electron chi connectivity index (χ3n) is 6.76. The first-order chi connectivity index (χ1) is 15.9. The summed E-state index contributed by atoms with van der Waals surface area (Å²) in [5.74, 6) is -1.85. The van der Waals surface area contributed by atoms with Crippen LogP contribution in [0, 0.1) is 5.82 Å². The highest BCUT2D eigenvalue weighted by Gasteiger charge is 2.41. The number of aromatic nitrogens is 1. The van der Waals surface area contributed by atoms with Gasteiger partial charge >= 0.3 is 0 Å². The quantitative estimate of drug-likeness (QED) is 0.721. The third-order valence-corrected chi connectivity index (χ3v) is 6.76. The number of carbonyl (C=O) groups is 4. The van der Waals surface area contributed by atoms with Crippen LogP contribution < -0.4 is 5.32 Å². The van der Waals surface area contributed by atoms with Crippen molar-refractivity contribution in [3.63, 3.8) is 0 Å². The number of imide groups is 1. The molecule has 9 heteroatoms. The highest BCUT2D eigenvalue weighted by Crippen LogP contribution is 2.37. The summed E-state index contributed by atoms with van der Waals surface area (Å²) in [6, 6.07) is 7.18. The van der Waals surface area contributed by atoms with Gasteiger partial charge in [0.25, 0.3) is 11.8 Å². The van der Waals surface area contributed by atoms with Gasteiger partial charge in [0.05, 0.1) is 0 Å². The summed E-state index contributed by atoms with van der Waals surface area (Å²) in [6.45, 7) is 1.23. The Bertz CT molecular complexity index is 1140. The van der Waals surface area contributed by atoms with Crippen molar-refractivity contribution in [2.24, 2.45) is 0 Å². The Hall–Kier alpha value is -3.62. The number of likely N-dealkylation sites (tertiary alicyclic amines) is 1. The summed E-state index contributed by atoms with van der Waals surface area (Å²) in [5, 5.41) is 2.28. The lowest BCUT2D eigenvalue weighted by atomic mass is 9.85. The Kier molecular flexibility index (Phi) is 5.39. The lowest BCUT2D eigenvalue weighted by Gasteiger charge is -2.33. The van der Waals surface area contributed by atoms with Crippen molar-refractivity contribution in [1.82, 2.24) is 20.1 Å². The number of amides is 4. The molecule has 2 aromatic rings. The first-order valence-corrected chi connectivity index (χ1v) is 11.1. The van der Waals surface area contributed by atoms with E-state index in [0.29, 0.717) is 31.6 Å². The van der Waals surface area contributed by atoms with Crippen molar-refractivity contribution < 1.29 is 23.6 Å². The molecule has 2 fully saturated rings. The molecule has 3 aliphatic heterocycles. The molecule has 5 rings (SSSR count). The molecule has 4 heterocycles. The van der Waals surface area contributed by atoms with Crippen LogP contribution in [0.4, 0.5) is 4.39 Å². The van der Waals surface area contributed by atoms with Gasteiger partial charge in [0.2, 0.25) is 11.8 Å². The summed E-state index contributed by atoms with van der Waals surface area (Å²) >= 11 is 0. The maximum absolute atomic E-state index is 14.5. The average molecular weight is 450 g/mol. The van der Waals surface area contributed by atoms with Gasteiger partial charge in [0.1, 0.15) is 17.6 Å². The average Bonchev–Trinajstić information content (AvgIpc) is 3.15. The predicted octanol–water partition coefficient (Wildman–Crippen LogP) is 2.00. The van der Waals surface area contributed by atoms with E-state index in [9.17, 15) is 23.6 Å². The summed E-state index contributed by atoms with van der Waals surface area (Å²) < 4.78 is 14.5. The molecule has 0 aliphatic carbocycles. The Morgan fingerprint density at radius 3 is 2.58 bits per heavy atom. The van der Waals surface area contributed by atoms with Crippen molar-refractivity contribution in [1.29, 1.82) is 0 Å². The van der Waals surface area contributed by atoms with E-state index in [4.69, 9.17) is 0 Å². The van der Waals surface area contributed by atoms with Crippen molar-refractivity contribution >= 4 is 23.6 Å². The number of fused-ring (bicyclic) bond motifs is 1. The molecule has 1 unspecified atom stereocenters. The van der Waals surface area contributed by atoms with E-state index in [1.807, 2.05) is 0 Å². The lowest BCUT2D eigenvalue weighted by molar-refractivity contribution is -0.136. The minimum atomic E-state index is -0.739.